The van der Waals surface area contributed by atoms with Crippen molar-refractivity contribution in [2.24, 2.45) is 11.7 Å². The zero-order valence-electron chi connectivity index (χ0n) is 9.56. The van der Waals surface area contributed by atoms with Crippen LogP contribution >= 0.6 is 11.3 Å². The van der Waals surface area contributed by atoms with Crippen molar-refractivity contribution in [3.63, 3.8) is 0 Å². The molecule has 2 unspecified atom stereocenters. The second kappa shape index (κ2) is 4.97. The van der Waals surface area contributed by atoms with Crippen molar-refractivity contribution in [2.45, 2.75) is 25.8 Å². The molecule has 1 amide bonds. The first-order valence-corrected chi connectivity index (χ1v) is 6.60. The number of rotatable bonds is 4. The molecule has 4 heteroatoms. The van der Waals surface area contributed by atoms with Crippen molar-refractivity contribution in [3.8, 4) is 0 Å². The number of hydrogen-bond donors (Lipinski definition) is 1. The van der Waals surface area contributed by atoms with Gasteiger partial charge in [0.05, 0.1) is 0 Å². The Labute approximate surface area is 100 Å². The van der Waals surface area contributed by atoms with Crippen LogP contribution in [0.1, 0.15) is 18.2 Å². The Bertz CT molecular complexity index is 350. The quantitative estimate of drug-likeness (QED) is 0.864. The minimum Gasteiger partial charge on any atom is -0.339 e. The van der Waals surface area contributed by atoms with Crippen LogP contribution in [0.4, 0.5) is 0 Å². The van der Waals surface area contributed by atoms with Crippen molar-refractivity contribution in [1.29, 1.82) is 0 Å². The van der Waals surface area contributed by atoms with E-state index in [4.69, 9.17) is 5.73 Å². The van der Waals surface area contributed by atoms with Crippen LogP contribution < -0.4 is 5.73 Å². The smallest absolute Gasteiger partial charge is 0.223 e. The molecule has 0 spiro atoms. The Hall–Kier alpha value is -0.870. The average Bonchev–Trinajstić information content (AvgIpc) is 2.87. The van der Waals surface area contributed by atoms with Gasteiger partial charge in [-0.25, -0.2) is 0 Å². The van der Waals surface area contributed by atoms with Crippen LogP contribution in [-0.4, -0.2) is 29.9 Å². The first kappa shape index (κ1) is 11.6. The molecule has 0 aliphatic carbocycles. The van der Waals surface area contributed by atoms with E-state index in [9.17, 15) is 4.79 Å². The minimum atomic E-state index is 0.263. The SMILES string of the molecule is CC(Cc1cccs1)N1CC(CN)CC1=O. The number of amides is 1. The molecule has 1 aromatic rings. The highest BCUT2D eigenvalue weighted by Gasteiger charge is 2.31. The third-order valence-corrected chi connectivity index (χ3v) is 4.08. The molecule has 1 fully saturated rings. The van der Waals surface area contributed by atoms with E-state index in [1.807, 2.05) is 4.90 Å². The highest BCUT2D eigenvalue weighted by molar-refractivity contribution is 7.09. The van der Waals surface area contributed by atoms with Gasteiger partial charge in [-0.2, -0.15) is 0 Å². The van der Waals surface area contributed by atoms with Crippen LogP contribution in [0.2, 0.25) is 0 Å². The van der Waals surface area contributed by atoms with Gasteiger partial charge in [-0.05, 0) is 30.8 Å². The van der Waals surface area contributed by atoms with Gasteiger partial charge in [0.25, 0.3) is 0 Å². The summed E-state index contributed by atoms with van der Waals surface area (Å²) in [4.78, 5) is 15.1. The van der Waals surface area contributed by atoms with Gasteiger partial charge in [0, 0.05) is 30.3 Å². The molecule has 88 valence electrons. The van der Waals surface area contributed by atoms with Gasteiger partial charge >= 0.3 is 0 Å². The number of nitrogens with zero attached hydrogens (tertiary/aromatic N) is 1. The standard InChI is InChI=1S/C12H18N2OS/c1-9(5-11-3-2-4-16-11)14-8-10(7-13)6-12(14)15/h2-4,9-10H,5-8,13H2,1H3. The first-order valence-electron chi connectivity index (χ1n) is 5.72. The molecule has 2 N–H and O–H groups in total. The number of carbonyl (C=O) groups excluding carboxylic acids is 1. The topological polar surface area (TPSA) is 46.3 Å². The summed E-state index contributed by atoms with van der Waals surface area (Å²) in [6, 6.07) is 4.48. The zero-order valence-corrected chi connectivity index (χ0v) is 10.4. The van der Waals surface area contributed by atoms with Gasteiger partial charge in [0.1, 0.15) is 0 Å². The highest BCUT2D eigenvalue weighted by atomic mass is 32.1. The van der Waals surface area contributed by atoms with E-state index >= 15 is 0 Å². The highest BCUT2D eigenvalue weighted by Crippen LogP contribution is 2.22. The molecule has 1 saturated heterocycles. The van der Waals surface area contributed by atoms with E-state index in [0.29, 0.717) is 24.9 Å². The second-order valence-electron chi connectivity index (χ2n) is 4.48. The summed E-state index contributed by atoms with van der Waals surface area (Å²) in [5.41, 5.74) is 5.62. The molecule has 0 bridgehead atoms. The van der Waals surface area contributed by atoms with Gasteiger partial charge in [-0.3, -0.25) is 4.79 Å². The number of hydrogen-bond acceptors (Lipinski definition) is 3. The maximum atomic E-state index is 11.8. The molecule has 2 rings (SSSR count). The summed E-state index contributed by atoms with van der Waals surface area (Å²) in [6.07, 6.45) is 1.59. The van der Waals surface area contributed by atoms with E-state index in [2.05, 4.69) is 24.4 Å². The summed E-state index contributed by atoms with van der Waals surface area (Å²) in [5, 5.41) is 2.08. The average molecular weight is 238 g/mol. The molecule has 3 nitrogen and oxygen atoms in total. The maximum Gasteiger partial charge on any atom is 0.223 e. The lowest BCUT2D eigenvalue weighted by Gasteiger charge is -2.24. The summed E-state index contributed by atoms with van der Waals surface area (Å²) < 4.78 is 0. The van der Waals surface area contributed by atoms with Gasteiger partial charge < -0.3 is 10.6 Å². The summed E-state index contributed by atoms with van der Waals surface area (Å²) in [7, 11) is 0. The Morgan fingerprint density at radius 1 is 1.69 bits per heavy atom. The fraction of sp³-hybridized carbons (Fsp3) is 0.583. The Morgan fingerprint density at radius 2 is 2.50 bits per heavy atom. The van der Waals surface area contributed by atoms with Crippen molar-refractivity contribution in [2.75, 3.05) is 13.1 Å². The number of nitrogens with two attached hydrogens (primary N) is 1. The third kappa shape index (κ3) is 2.44. The van der Waals surface area contributed by atoms with E-state index in [-0.39, 0.29) is 5.91 Å². The summed E-state index contributed by atoms with van der Waals surface area (Å²) in [5.74, 6) is 0.623. The summed E-state index contributed by atoms with van der Waals surface area (Å²) in [6.45, 7) is 3.58. The lowest BCUT2D eigenvalue weighted by atomic mass is 10.1. The van der Waals surface area contributed by atoms with Crippen molar-refractivity contribution < 1.29 is 4.79 Å². The van der Waals surface area contributed by atoms with Gasteiger partial charge in [0.2, 0.25) is 5.91 Å². The monoisotopic (exact) mass is 238 g/mol. The van der Waals surface area contributed by atoms with Crippen LogP contribution in [0.25, 0.3) is 0 Å². The van der Waals surface area contributed by atoms with E-state index < -0.39 is 0 Å². The van der Waals surface area contributed by atoms with E-state index in [1.165, 1.54) is 4.88 Å². The van der Waals surface area contributed by atoms with E-state index in [1.54, 1.807) is 11.3 Å². The molecule has 1 aromatic heterocycles. The molecular weight excluding hydrogens is 220 g/mol. The first-order chi connectivity index (χ1) is 7.70. The fourth-order valence-electron chi connectivity index (χ4n) is 2.22. The molecular formula is C12H18N2OS. The fourth-order valence-corrected chi connectivity index (χ4v) is 3.05. The molecule has 1 aliphatic rings. The van der Waals surface area contributed by atoms with Gasteiger partial charge in [0.15, 0.2) is 0 Å². The lowest BCUT2D eigenvalue weighted by molar-refractivity contribution is -0.129. The predicted molar refractivity (Wildman–Crippen MR) is 66.4 cm³/mol. The van der Waals surface area contributed by atoms with E-state index in [0.717, 1.165) is 13.0 Å². The van der Waals surface area contributed by atoms with Gasteiger partial charge in [-0.15, -0.1) is 11.3 Å². The molecule has 2 heterocycles. The van der Waals surface area contributed by atoms with Gasteiger partial charge in [-0.1, -0.05) is 6.07 Å². The summed E-state index contributed by atoms with van der Waals surface area (Å²) >= 11 is 1.76. The van der Waals surface area contributed by atoms with Crippen molar-refractivity contribution in [1.82, 2.24) is 4.90 Å². The predicted octanol–water partition coefficient (Wildman–Crippen LogP) is 1.49. The maximum absolute atomic E-state index is 11.8. The van der Waals surface area contributed by atoms with Crippen LogP contribution in [0.3, 0.4) is 0 Å². The van der Waals surface area contributed by atoms with Crippen LogP contribution in [0.15, 0.2) is 17.5 Å². The number of thiophene rings is 1. The molecule has 0 radical (unpaired) electrons. The Balaban J connectivity index is 1.95. The van der Waals surface area contributed by atoms with Crippen molar-refractivity contribution >= 4 is 17.2 Å². The largest absolute Gasteiger partial charge is 0.339 e. The normalized spacial score (nSPS) is 22.8. The molecule has 0 saturated carbocycles. The minimum absolute atomic E-state index is 0.263. The zero-order chi connectivity index (χ0) is 11.5. The van der Waals surface area contributed by atoms with Crippen LogP contribution in [-0.2, 0) is 11.2 Å². The Kier molecular flexibility index (Phi) is 3.61. The van der Waals surface area contributed by atoms with Crippen molar-refractivity contribution in [3.05, 3.63) is 22.4 Å². The molecule has 2 atom stereocenters. The molecule has 0 aromatic carbocycles. The second-order valence-corrected chi connectivity index (χ2v) is 5.52. The van der Waals surface area contributed by atoms with Crippen LogP contribution in [0, 0.1) is 5.92 Å². The molecule has 16 heavy (non-hydrogen) atoms. The van der Waals surface area contributed by atoms with Crippen LogP contribution in [0.5, 0.6) is 0 Å². The lowest BCUT2D eigenvalue weighted by Crippen LogP contribution is -2.36. The number of likely N-dealkylation sites (tertiary alicyclic amines) is 1. The third-order valence-electron chi connectivity index (χ3n) is 3.18. The Morgan fingerprint density at radius 3 is 3.06 bits per heavy atom. The molecule has 1 aliphatic heterocycles. The number of carbonyl (C=O) groups is 1.